The van der Waals surface area contributed by atoms with Gasteiger partial charge in [-0.2, -0.15) is 5.26 Å². The molecule has 1 saturated heterocycles. The molecule has 0 spiro atoms. The number of carbonyl (C=O) groups excluding carboxylic acids is 1. The minimum absolute atomic E-state index is 0.0266. The van der Waals surface area contributed by atoms with Crippen LogP contribution in [0.1, 0.15) is 46.9 Å². The summed E-state index contributed by atoms with van der Waals surface area (Å²) in [7, 11) is 3.69. The molecule has 1 aromatic heterocycles. The van der Waals surface area contributed by atoms with E-state index in [1.807, 2.05) is 36.1 Å². The number of nitriles is 1. The first-order valence-electron chi connectivity index (χ1n) is 11.4. The second-order valence-electron chi connectivity index (χ2n) is 8.59. The molecule has 0 unspecified atom stereocenters. The van der Waals surface area contributed by atoms with Crippen molar-refractivity contribution in [3.8, 4) is 11.8 Å². The summed E-state index contributed by atoms with van der Waals surface area (Å²) in [6.07, 6.45) is 2.99. The van der Waals surface area contributed by atoms with Crippen molar-refractivity contribution < 1.29 is 9.53 Å². The lowest BCUT2D eigenvalue weighted by Gasteiger charge is -2.38. The molecule has 33 heavy (non-hydrogen) atoms. The summed E-state index contributed by atoms with van der Waals surface area (Å²) < 4.78 is 5.64. The molecular formula is C25H30N6O2. The number of methoxy groups -OCH3 is 1. The number of hydrogen-bond acceptors (Lipinski definition) is 7. The number of rotatable bonds is 6. The standard InChI is InChI=1S/C25H30N6O2/c1-5-27-24-23-19(14-26)8-9-20(23)28-22(29-24)13-17-6-7-18(12-21(17)33-4)25(32)31-11-10-30(3)15-16(31)2/h6-8,12,16H,5,9-11,13,15H2,1-4H3,(H,27,28,29)/t16-/m1/s1. The Morgan fingerprint density at radius 1 is 1.33 bits per heavy atom. The normalized spacial score (nSPS) is 17.8. The van der Waals surface area contributed by atoms with E-state index in [0.717, 1.165) is 36.5 Å². The maximum absolute atomic E-state index is 13.1. The van der Waals surface area contributed by atoms with E-state index in [4.69, 9.17) is 14.7 Å². The van der Waals surface area contributed by atoms with Crippen LogP contribution in [0.25, 0.3) is 5.57 Å². The summed E-state index contributed by atoms with van der Waals surface area (Å²) in [6.45, 7) is 7.24. The van der Waals surface area contributed by atoms with E-state index in [1.54, 1.807) is 7.11 Å². The second kappa shape index (κ2) is 9.59. The molecule has 1 aliphatic carbocycles. The van der Waals surface area contributed by atoms with Crippen LogP contribution in [0.15, 0.2) is 24.3 Å². The van der Waals surface area contributed by atoms with E-state index >= 15 is 0 Å². The summed E-state index contributed by atoms with van der Waals surface area (Å²) >= 11 is 0. The van der Waals surface area contributed by atoms with Crippen LogP contribution in [0.5, 0.6) is 5.75 Å². The lowest BCUT2D eigenvalue weighted by molar-refractivity contribution is 0.0533. The summed E-state index contributed by atoms with van der Waals surface area (Å²) in [5.74, 6) is 2.02. The predicted molar refractivity (Wildman–Crippen MR) is 127 cm³/mol. The Kier molecular flexibility index (Phi) is 6.61. The average molecular weight is 447 g/mol. The minimum Gasteiger partial charge on any atom is -0.496 e. The molecule has 2 aromatic rings. The zero-order valence-corrected chi connectivity index (χ0v) is 19.7. The van der Waals surface area contributed by atoms with E-state index in [9.17, 15) is 10.1 Å². The van der Waals surface area contributed by atoms with Gasteiger partial charge in [-0.25, -0.2) is 9.97 Å². The molecule has 1 amide bonds. The van der Waals surface area contributed by atoms with E-state index in [2.05, 4.69) is 30.3 Å². The topological polar surface area (TPSA) is 94.4 Å². The lowest BCUT2D eigenvalue weighted by Crippen LogP contribution is -2.52. The van der Waals surface area contributed by atoms with Crippen molar-refractivity contribution in [3.05, 3.63) is 52.5 Å². The molecule has 4 rings (SSSR count). The van der Waals surface area contributed by atoms with Crippen molar-refractivity contribution in [2.24, 2.45) is 0 Å². The summed E-state index contributed by atoms with van der Waals surface area (Å²) in [4.78, 5) is 26.7. The highest BCUT2D eigenvalue weighted by Gasteiger charge is 2.27. The van der Waals surface area contributed by atoms with Crippen LogP contribution < -0.4 is 10.1 Å². The molecule has 1 N–H and O–H groups in total. The van der Waals surface area contributed by atoms with Crippen LogP contribution >= 0.6 is 0 Å². The number of benzene rings is 1. The molecule has 2 heterocycles. The van der Waals surface area contributed by atoms with Gasteiger partial charge < -0.3 is 19.9 Å². The Balaban J connectivity index is 1.59. The smallest absolute Gasteiger partial charge is 0.254 e. The number of fused-ring (bicyclic) bond motifs is 1. The number of nitrogens with zero attached hydrogens (tertiary/aromatic N) is 5. The molecule has 1 fully saturated rings. The first-order valence-corrected chi connectivity index (χ1v) is 11.4. The quantitative estimate of drug-likeness (QED) is 0.729. The molecule has 8 heteroatoms. The summed E-state index contributed by atoms with van der Waals surface area (Å²) in [5.41, 5.74) is 3.82. The maximum atomic E-state index is 13.1. The third kappa shape index (κ3) is 4.55. The SMILES string of the molecule is CCNc1nc(Cc2ccc(C(=O)N3CCN(C)C[C@H]3C)cc2OC)nc2c1C(C#N)=CC2. The van der Waals surface area contributed by atoms with Gasteiger partial charge in [-0.1, -0.05) is 12.1 Å². The maximum Gasteiger partial charge on any atom is 0.254 e. The van der Waals surface area contributed by atoms with Crippen LogP contribution in [0.4, 0.5) is 5.82 Å². The van der Waals surface area contributed by atoms with Gasteiger partial charge in [0.15, 0.2) is 0 Å². The van der Waals surface area contributed by atoms with Crippen molar-refractivity contribution in [2.75, 3.05) is 45.7 Å². The van der Waals surface area contributed by atoms with Crippen LogP contribution in [0, 0.1) is 11.3 Å². The van der Waals surface area contributed by atoms with Crippen LogP contribution in [0.3, 0.4) is 0 Å². The minimum atomic E-state index is 0.0266. The van der Waals surface area contributed by atoms with Crippen LogP contribution in [-0.2, 0) is 12.8 Å². The molecule has 172 valence electrons. The number of allylic oxidation sites excluding steroid dienone is 2. The number of likely N-dealkylation sites (N-methyl/N-ethyl adjacent to an activating group) is 1. The van der Waals surface area contributed by atoms with Gasteiger partial charge in [0, 0.05) is 56.2 Å². The Labute approximate surface area is 194 Å². The third-order valence-corrected chi connectivity index (χ3v) is 6.24. The van der Waals surface area contributed by atoms with E-state index in [1.165, 1.54) is 0 Å². The summed E-state index contributed by atoms with van der Waals surface area (Å²) in [6, 6.07) is 8.01. The highest BCUT2D eigenvalue weighted by molar-refractivity contribution is 5.95. The Morgan fingerprint density at radius 3 is 2.85 bits per heavy atom. The first kappa shape index (κ1) is 22.7. The Morgan fingerprint density at radius 2 is 2.15 bits per heavy atom. The zero-order chi connectivity index (χ0) is 23.5. The fraction of sp³-hybridized carbons (Fsp3) is 0.440. The molecule has 1 atom stereocenters. The van der Waals surface area contributed by atoms with Gasteiger partial charge in [-0.05, 0) is 33.0 Å². The van der Waals surface area contributed by atoms with Gasteiger partial charge in [0.2, 0.25) is 0 Å². The number of amides is 1. The number of piperazine rings is 1. The Bertz CT molecular complexity index is 1140. The fourth-order valence-electron chi connectivity index (χ4n) is 4.57. The van der Waals surface area contributed by atoms with E-state index in [-0.39, 0.29) is 11.9 Å². The van der Waals surface area contributed by atoms with Crippen LogP contribution in [-0.4, -0.2) is 72.1 Å². The number of nitrogens with one attached hydrogen (secondary N) is 1. The molecule has 0 bridgehead atoms. The highest BCUT2D eigenvalue weighted by atomic mass is 16.5. The van der Waals surface area contributed by atoms with Crippen LogP contribution in [0.2, 0.25) is 0 Å². The lowest BCUT2D eigenvalue weighted by atomic mass is 10.0. The van der Waals surface area contributed by atoms with E-state index in [0.29, 0.717) is 47.9 Å². The molecule has 2 aliphatic rings. The highest BCUT2D eigenvalue weighted by Crippen LogP contribution is 2.32. The average Bonchev–Trinajstić information content (AvgIpc) is 3.22. The van der Waals surface area contributed by atoms with Crippen molar-refractivity contribution in [3.63, 3.8) is 0 Å². The van der Waals surface area contributed by atoms with Crippen molar-refractivity contribution in [2.45, 2.75) is 32.7 Å². The van der Waals surface area contributed by atoms with Gasteiger partial charge in [0.05, 0.1) is 30.0 Å². The molecule has 0 saturated carbocycles. The zero-order valence-electron chi connectivity index (χ0n) is 19.7. The second-order valence-corrected chi connectivity index (χ2v) is 8.59. The Hall–Kier alpha value is -3.44. The number of anilines is 1. The number of aromatic nitrogens is 2. The molecule has 1 aromatic carbocycles. The van der Waals surface area contributed by atoms with Crippen molar-refractivity contribution in [1.82, 2.24) is 19.8 Å². The van der Waals surface area contributed by atoms with Gasteiger partial charge in [-0.3, -0.25) is 4.79 Å². The monoisotopic (exact) mass is 446 g/mol. The van der Waals surface area contributed by atoms with Crippen molar-refractivity contribution >= 4 is 17.3 Å². The number of hydrogen-bond donors (Lipinski definition) is 1. The van der Waals surface area contributed by atoms with E-state index < -0.39 is 0 Å². The van der Waals surface area contributed by atoms with Gasteiger partial charge in [-0.15, -0.1) is 0 Å². The predicted octanol–water partition coefficient (Wildman–Crippen LogP) is 2.75. The molecule has 0 radical (unpaired) electrons. The van der Waals surface area contributed by atoms with Gasteiger partial charge in [0.25, 0.3) is 5.91 Å². The number of ether oxygens (including phenoxy) is 1. The largest absolute Gasteiger partial charge is 0.496 e. The third-order valence-electron chi connectivity index (χ3n) is 6.24. The molecule has 1 aliphatic heterocycles. The first-order chi connectivity index (χ1) is 15.9. The van der Waals surface area contributed by atoms with Gasteiger partial charge >= 0.3 is 0 Å². The summed E-state index contributed by atoms with van der Waals surface area (Å²) in [5, 5.41) is 12.7. The van der Waals surface area contributed by atoms with Gasteiger partial charge in [0.1, 0.15) is 17.4 Å². The van der Waals surface area contributed by atoms with Crippen molar-refractivity contribution in [1.29, 1.82) is 5.26 Å². The fourth-order valence-corrected chi connectivity index (χ4v) is 4.57. The number of carbonyl (C=O) groups is 1. The molecule has 8 nitrogen and oxygen atoms in total. The molecular weight excluding hydrogens is 416 g/mol.